The first-order valence-electron chi connectivity index (χ1n) is 9.36. The minimum absolute atomic E-state index is 0.0252. The molecule has 0 aliphatic carbocycles. The van der Waals surface area contributed by atoms with E-state index in [1.807, 2.05) is 0 Å². The van der Waals surface area contributed by atoms with E-state index in [4.69, 9.17) is 13.9 Å². The summed E-state index contributed by atoms with van der Waals surface area (Å²) in [7, 11) is 0. The molecule has 0 radical (unpaired) electrons. The van der Waals surface area contributed by atoms with Crippen molar-refractivity contribution in [1.29, 1.82) is 0 Å². The molecule has 4 rings (SSSR count). The summed E-state index contributed by atoms with van der Waals surface area (Å²) in [5.41, 5.74) is -0.138. The maximum absolute atomic E-state index is 12.5. The number of benzene rings is 2. The van der Waals surface area contributed by atoms with Gasteiger partial charge in [0.1, 0.15) is 58.4 Å². The lowest BCUT2D eigenvalue weighted by atomic mass is 9.99. The summed E-state index contributed by atoms with van der Waals surface area (Å²) < 4.78 is 16.5. The first-order valence-corrected chi connectivity index (χ1v) is 9.36. The number of aromatic hydroxyl groups is 2. The number of fused-ring (bicyclic) bond motifs is 1. The second kappa shape index (κ2) is 8.17. The van der Waals surface area contributed by atoms with Gasteiger partial charge in [-0.2, -0.15) is 0 Å². The summed E-state index contributed by atoms with van der Waals surface area (Å²) in [5.74, 6) is -0.403. The number of hydrogen-bond acceptors (Lipinski definition) is 10. The van der Waals surface area contributed by atoms with E-state index in [1.165, 1.54) is 24.3 Å². The van der Waals surface area contributed by atoms with Gasteiger partial charge in [0.2, 0.25) is 6.29 Å². The topological polar surface area (TPSA) is 170 Å². The Morgan fingerprint density at radius 3 is 2.45 bits per heavy atom. The lowest BCUT2D eigenvalue weighted by Gasteiger charge is -2.39. The summed E-state index contributed by atoms with van der Waals surface area (Å²) >= 11 is 0. The Bertz CT molecular complexity index is 1150. The Balaban J connectivity index is 1.72. The smallest absolute Gasteiger partial charge is 0.229 e. The summed E-state index contributed by atoms with van der Waals surface area (Å²) in [5, 5.41) is 59.0. The van der Waals surface area contributed by atoms with Gasteiger partial charge in [0, 0.05) is 23.8 Å². The Morgan fingerprint density at radius 2 is 1.74 bits per heavy atom. The molecule has 164 valence electrons. The van der Waals surface area contributed by atoms with Crippen molar-refractivity contribution < 1.29 is 44.5 Å². The van der Waals surface area contributed by atoms with Crippen LogP contribution in [0.25, 0.3) is 22.3 Å². The van der Waals surface area contributed by atoms with Crippen molar-refractivity contribution in [2.24, 2.45) is 0 Å². The van der Waals surface area contributed by atoms with Crippen LogP contribution in [0.1, 0.15) is 0 Å². The Morgan fingerprint density at radius 1 is 0.968 bits per heavy atom. The van der Waals surface area contributed by atoms with Gasteiger partial charge >= 0.3 is 0 Å². The monoisotopic (exact) mass is 432 g/mol. The fourth-order valence-electron chi connectivity index (χ4n) is 3.41. The molecule has 5 atom stereocenters. The molecule has 1 aliphatic heterocycles. The first-order chi connectivity index (χ1) is 14.8. The molecule has 10 heteroatoms. The second-order valence-electron chi connectivity index (χ2n) is 7.16. The highest BCUT2D eigenvalue weighted by Crippen LogP contribution is 2.33. The molecule has 1 aliphatic rings. The van der Waals surface area contributed by atoms with E-state index in [1.54, 1.807) is 12.1 Å². The SMILES string of the molecule is O=c1cc(-c2cccc(O)c2)oc2cc(O[C@@H]3O[C@H](CO)[C@@H](O)[C@H](O)[C@H]3O)cc(O)c12. The van der Waals surface area contributed by atoms with Gasteiger partial charge < -0.3 is 44.5 Å². The number of phenols is 2. The Labute approximate surface area is 174 Å². The van der Waals surface area contributed by atoms with E-state index in [0.29, 0.717) is 5.56 Å². The Hall–Kier alpha value is -3.15. The highest BCUT2D eigenvalue weighted by Gasteiger charge is 2.44. The van der Waals surface area contributed by atoms with Crippen LogP contribution in [-0.2, 0) is 4.74 Å². The fourth-order valence-corrected chi connectivity index (χ4v) is 3.41. The van der Waals surface area contributed by atoms with Gasteiger partial charge in [0.25, 0.3) is 0 Å². The van der Waals surface area contributed by atoms with E-state index < -0.39 is 48.5 Å². The highest BCUT2D eigenvalue weighted by atomic mass is 16.7. The van der Waals surface area contributed by atoms with Gasteiger partial charge in [-0.25, -0.2) is 0 Å². The quantitative estimate of drug-likeness (QED) is 0.331. The van der Waals surface area contributed by atoms with Crippen LogP contribution >= 0.6 is 0 Å². The highest BCUT2D eigenvalue weighted by molar-refractivity contribution is 5.86. The third-order valence-electron chi connectivity index (χ3n) is 5.01. The zero-order chi connectivity index (χ0) is 22.3. The van der Waals surface area contributed by atoms with Gasteiger partial charge in [0.05, 0.1) is 6.61 Å². The van der Waals surface area contributed by atoms with Crippen molar-refractivity contribution in [1.82, 2.24) is 0 Å². The van der Waals surface area contributed by atoms with Crippen molar-refractivity contribution in [3.8, 4) is 28.6 Å². The predicted octanol–water partition coefficient (Wildman–Crippen LogP) is 0.0499. The largest absolute Gasteiger partial charge is 0.508 e. The average Bonchev–Trinajstić information content (AvgIpc) is 2.73. The van der Waals surface area contributed by atoms with E-state index >= 15 is 0 Å². The van der Waals surface area contributed by atoms with Crippen molar-refractivity contribution >= 4 is 11.0 Å². The zero-order valence-electron chi connectivity index (χ0n) is 16.0. The molecule has 10 nitrogen and oxygen atoms in total. The summed E-state index contributed by atoms with van der Waals surface area (Å²) in [4.78, 5) is 12.5. The molecule has 0 amide bonds. The molecule has 3 aromatic rings. The molecular weight excluding hydrogens is 412 g/mol. The van der Waals surface area contributed by atoms with Crippen LogP contribution in [0.2, 0.25) is 0 Å². The maximum Gasteiger partial charge on any atom is 0.229 e. The molecule has 6 N–H and O–H groups in total. The zero-order valence-corrected chi connectivity index (χ0v) is 16.0. The van der Waals surface area contributed by atoms with Gasteiger partial charge in [-0.05, 0) is 12.1 Å². The van der Waals surface area contributed by atoms with Crippen molar-refractivity contribution in [2.45, 2.75) is 30.7 Å². The van der Waals surface area contributed by atoms with Crippen LogP contribution in [0.5, 0.6) is 17.2 Å². The molecular formula is C21H20O10. The number of hydrogen-bond donors (Lipinski definition) is 6. The summed E-state index contributed by atoms with van der Waals surface area (Å²) in [6, 6.07) is 9.62. The molecule has 1 aromatic heterocycles. The van der Waals surface area contributed by atoms with E-state index in [0.717, 1.165) is 6.07 Å². The fraction of sp³-hybridized carbons (Fsp3) is 0.286. The predicted molar refractivity (Wildman–Crippen MR) is 106 cm³/mol. The van der Waals surface area contributed by atoms with E-state index in [2.05, 4.69) is 0 Å². The minimum atomic E-state index is -1.65. The molecule has 1 saturated heterocycles. The maximum atomic E-state index is 12.5. The molecule has 0 bridgehead atoms. The molecule has 0 unspecified atom stereocenters. The van der Waals surface area contributed by atoms with Gasteiger partial charge in [-0.15, -0.1) is 0 Å². The normalized spacial score (nSPS) is 26.1. The molecule has 2 heterocycles. The van der Waals surface area contributed by atoms with Gasteiger partial charge in [0.15, 0.2) is 5.43 Å². The standard InChI is InChI=1S/C21H20O10/c22-8-16-18(26)19(27)20(28)21(31-16)29-11-5-12(24)17-13(25)7-14(30-15(17)6-11)9-2-1-3-10(23)4-9/h1-7,16,18-24,26-28H,8H2/t16-,18-,19+,20-,21-/m1/s1. The average molecular weight is 432 g/mol. The van der Waals surface area contributed by atoms with Crippen LogP contribution < -0.4 is 10.2 Å². The van der Waals surface area contributed by atoms with Gasteiger partial charge in [-0.3, -0.25) is 4.79 Å². The number of aliphatic hydroxyl groups excluding tert-OH is 4. The van der Waals surface area contributed by atoms with E-state index in [9.17, 15) is 35.4 Å². The third-order valence-corrected chi connectivity index (χ3v) is 5.01. The minimum Gasteiger partial charge on any atom is -0.508 e. The van der Waals surface area contributed by atoms with Crippen LogP contribution in [-0.4, -0.2) is 68.0 Å². The summed E-state index contributed by atoms with van der Waals surface area (Å²) in [6.07, 6.45) is -7.49. The van der Waals surface area contributed by atoms with E-state index in [-0.39, 0.29) is 28.2 Å². The van der Waals surface area contributed by atoms with Crippen LogP contribution in [0.3, 0.4) is 0 Å². The van der Waals surface area contributed by atoms with Crippen LogP contribution in [0, 0.1) is 0 Å². The molecule has 2 aromatic carbocycles. The van der Waals surface area contributed by atoms with Crippen LogP contribution in [0.15, 0.2) is 51.7 Å². The lowest BCUT2D eigenvalue weighted by molar-refractivity contribution is -0.277. The van der Waals surface area contributed by atoms with Crippen molar-refractivity contribution in [3.05, 3.63) is 52.7 Å². The third kappa shape index (κ3) is 3.94. The second-order valence-corrected chi connectivity index (χ2v) is 7.16. The summed E-state index contributed by atoms with van der Waals surface area (Å²) in [6.45, 7) is -0.629. The molecule has 31 heavy (non-hydrogen) atoms. The van der Waals surface area contributed by atoms with Crippen molar-refractivity contribution in [3.63, 3.8) is 0 Å². The van der Waals surface area contributed by atoms with Crippen LogP contribution in [0.4, 0.5) is 0 Å². The Kier molecular flexibility index (Phi) is 5.56. The molecule has 1 fully saturated rings. The number of ether oxygens (including phenoxy) is 2. The first kappa shape index (κ1) is 21.1. The molecule has 0 spiro atoms. The van der Waals surface area contributed by atoms with Crippen molar-refractivity contribution in [2.75, 3.05) is 6.61 Å². The van der Waals surface area contributed by atoms with Gasteiger partial charge in [-0.1, -0.05) is 12.1 Å². The number of phenolic OH excluding ortho intramolecular Hbond substituents is 2. The lowest BCUT2D eigenvalue weighted by Crippen LogP contribution is -2.60. The molecule has 0 saturated carbocycles. The number of rotatable bonds is 4. The number of aliphatic hydroxyl groups is 4.